The van der Waals surface area contributed by atoms with E-state index >= 15 is 0 Å². The van der Waals surface area contributed by atoms with Crippen LogP contribution in [-0.2, 0) is 4.74 Å². The first-order chi connectivity index (χ1) is 7.87. The fourth-order valence-corrected chi connectivity index (χ4v) is 2.04. The quantitative estimate of drug-likeness (QED) is 0.906. The Hall–Kier alpha value is -1.000. The summed E-state index contributed by atoms with van der Waals surface area (Å²) in [6.45, 7) is 5.92. The van der Waals surface area contributed by atoms with Gasteiger partial charge in [0, 0.05) is 11.4 Å². The van der Waals surface area contributed by atoms with Gasteiger partial charge in [0.1, 0.15) is 5.60 Å². The Bertz CT molecular complexity index is 407. The Balaban J connectivity index is 2.28. The van der Waals surface area contributed by atoms with Crippen molar-refractivity contribution in [3.63, 3.8) is 0 Å². The van der Waals surface area contributed by atoms with Gasteiger partial charge in [0.05, 0.1) is 4.34 Å². The van der Waals surface area contributed by atoms with Crippen LogP contribution >= 0.6 is 22.9 Å². The van der Waals surface area contributed by atoms with Gasteiger partial charge in [0.2, 0.25) is 0 Å². The number of nitrogens with one attached hydrogen (secondary N) is 1. The molecule has 0 bridgehead atoms. The van der Waals surface area contributed by atoms with Crippen molar-refractivity contribution in [2.24, 2.45) is 0 Å². The van der Waals surface area contributed by atoms with Crippen LogP contribution in [-0.4, -0.2) is 18.2 Å². The first-order valence-corrected chi connectivity index (χ1v) is 6.45. The van der Waals surface area contributed by atoms with Gasteiger partial charge in [-0.05, 0) is 39.0 Å². The monoisotopic (exact) mass is 273 g/mol. The van der Waals surface area contributed by atoms with E-state index in [0.717, 1.165) is 9.21 Å². The molecule has 0 saturated heterocycles. The van der Waals surface area contributed by atoms with Crippen molar-refractivity contribution in [3.8, 4) is 0 Å². The van der Waals surface area contributed by atoms with Gasteiger partial charge in [0.25, 0.3) is 0 Å². The summed E-state index contributed by atoms with van der Waals surface area (Å²) in [4.78, 5) is 12.3. The van der Waals surface area contributed by atoms with Crippen LogP contribution in [0.1, 0.15) is 25.6 Å². The summed E-state index contributed by atoms with van der Waals surface area (Å²) in [6.07, 6.45) is 3.35. The predicted molar refractivity (Wildman–Crippen MR) is 72.6 cm³/mol. The highest BCUT2D eigenvalue weighted by molar-refractivity contribution is 7.16. The molecule has 0 radical (unpaired) electrons. The Morgan fingerprint density at radius 1 is 1.53 bits per heavy atom. The zero-order valence-electron chi connectivity index (χ0n) is 10.1. The molecule has 0 unspecified atom stereocenters. The van der Waals surface area contributed by atoms with Gasteiger partial charge in [-0.15, -0.1) is 11.3 Å². The second kappa shape index (κ2) is 6.07. The van der Waals surface area contributed by atoms with E-state index in [1.807, 2.05) is 45.1 Å². The first-order valence-electron chi connectivity index (χ1n) is 5.25. The number of rotatable bonds is 3. The minimum Gasteiger partial charge on any atom is -0.444 e. The predicted octanol–water partition coefficient (Wildman–Crippen LogP) is 3.94. The lowest BCUT2D eigenvalue weighted by molar-refractivity contribution is 0.0534. The average molecular weight is 274 g/mol. The number of thiophene rings is 1. The molecule has 0 spiro atoms. The third-order valence-corrected chi connectivity index (χ3v) is 2.84. The lowest BCUT2D eigenvalue weighted by Crippen LogP contribution is -2.32. The van der Waals surface area contributed by atoms with E-state index in [0.29, 0.717) is 6.54 Å². The van der Waals surface area contributed by atoms with Crippen LogP contribution in [0, 0.1) is 0 Å². The molecule has 1 aromatic rings. The Morgan fingerprint density at radius 2 is 2.24 bits per heavy atom. The van der Waals surface area contributed by atoms with Crippen LogP contribution in [0.4, 0.5) is 4.79 Å². The van der Waals surface area contributed by atoms with Crippen molar-refractivity contribution in [1.82, 2.24) is 5.32 Å². The molecule has 17 heavy (non-hydrogen) atoms. The van der Waals surface area contributed by atoms with E-state index in [1.165, 1.54) is 11.3 Å². The first kappa shape index (κ1) is 14.1. The Labute approximate surface area is 110 Å². The molecule has 1 N–H and O–H groups in total. The van der Waals surface area contributed by atoms with Gasteiger partial charge < -0.3 is 10.1 Å². The minimum absolute atomic E-state index is 0.411. The van der Waals surface area contributed by atoms with E-state index in [9.17, 15) is 4.79 Å². The molecule has 1 rings (SSSR count). The molecule has 0 saturated carbocycles. The summed E-state index contributed by atoms with van der Waals surface area (Å²) in [5.41, 5.74) is -0.463. The highest BCUT2D eigenvalue weighted by Crippen LogP contribution is 2.22. The van der Waals surface area contributed by atoms with Crippen LogP contribution in [0.2, 0.25) is 4.34 Å². The molecular weight excluding hydrogens is 258 g/mol. The molecule has 1 aromatic heterocycles. The van der Waals surface area contributed by atoms with Gasteiger partial charge >= 0.3 is 6.09 Å². The number of hydrogen-bond donors (Lipinski definition) is 1. The number of ether oxygens (including phenoxy) is 1. The van der Waals surface area contributed by atoms with E-state index in [2.05, 4.69) is 5.32 Å². The average Bonchev–Trinajstić information content (AvgIpc) is 2.56. The number of alkyl carbamates (subject to hydrolysis) is 1. The number of hydrogen-bond acceptors (Lipinski definition) is 3. The third-order valence-electron chi connectivity index (χ3n) is 1.64. The lowest BCUT2D eigenvalue weighted by Gasteiger charge is -2.19. The van der Waals surface area contributed by atoms with Gasteiger partial charge in [-0.3, -0.25) is 0 Å². The Morgan fingerprint density at radius 3 is 2.76 bits per heavy atom. The summed E-state index contributed by atoms with van der Waals surface area (Å²) in [6, 6.07) is 3.77. The van der Waals surface area contributed by atoms with Crippen LogP contribution in [0.25, 0.3) is 6.08 Å². The number of carbonyl (C=O) groups is 1. The minimum atomic E-state index is -0.463. The molecule has 1 amide bonds. The largest absolute Gasteiger partial charge is 0.444 e. The van der Waals surface area contributed by atoms with Crippen LogP contribution in [0.5, 0.6) is 0 Å². The SMILES string of the molecule is CC(C)(C)OC(=O)NCC=Cc1ccc(Cl)s1. The molecular formula is C12H16ClNO2S. The maximum Gasteiger partial charge on any atom is 0.407 e. The van der Waals surface area contributed by atoms with E-state index in [4.69, 9.17) is 16.3 Å². The van der Waals surface area contributed by atoms with Crippen molar-refractivity contribution in [3.05, 3.63) is 27.4 Å². The van der Waals surface area contributed by atoms with Crippen molar-refractivity contribution < 1.29 is 9.53 Å². The van der Waals surface area contributed by atoms with Crippen molar-refractivity contribution in [1.29, 1.82) is 0 Å². The number of carbonyl (C=O) groups excluding carboxylic acids is 1. The van der Waals surface area contributed by atoms with Gasteiger partial charge in [0.15, 0.2) is 0 Å². The second-order valence-electron chi connectivity index (χ2n) is 4.43. The van der Waals surface area contributed by atoms with E-state index in [-0.39, 0.29) is 0 Å². The van der Waals surface area contributed by atoms with Gasteiger partial charge in [-0.2, -0.15) is 0 Å². The molecule has 0 aliphatic rings. The fourth-order valence-electron chi connectivity index (χ4n) is 1.05. The summed E-state index contributed by atoms with van der Waals surface area (Å²) in [5, 5.41) is 2.64. The van der Waals surface area contributed by atoms with Crippen LogP contribution in [0.3, 0.4) is 0 Å². The maximum atomic E-state index is 11.3. The van der Waals surface area contributed by atoms with Crippen LogP contribution < -0.4 is 5.32 Å². The molecule has 0 aliphatic carbocycles. The van der Waals surface area contributed by atoms with Gasteiger partial charge in [-0.25, -0.2) is 4.79 Å². The molecule has 3 nitrogen and oxygen atoms in total. The highest BCUT2D eigenvalue weighted by atomic mass is 35.5. The zero-order valence-corrected chi connectivity index (χ0v) is 11.7. The number of halogens is 1. The second-order valence-corrected chi connectivity index (χ2v) is 6.17. The normalized spacial score (nSPS) is 11.8. The summed E-state index contributed by atoms with van der Waals surface area (Å²) >= 11 is 7.28. The molecule has 0 fully saturated rings. The fraction of sp³-hybridized carbons (Fsp3) is 0.417. The standard InChI is InChI=1S/C12H16ClNO2S/c1-12(2,3)16-11(15)14-8-4-5-9-6-7-10(13)17-9/h4-7H,8H2,1-3H3,(H,14,15). The maximum absolute atomic E-state index is 11.3. The van der Waals surface area contributed by atoms with E-state index in [1.54, 1.807) is 0 Å². The molecule has 5 heteroatoms. The highest BCUT2D eigenvalue weighted by Gasteiger charge is 2.14. The molecule has 0 aliphatic heterocycles. The zero-order chi connectivity index (χ0) is 12.9. The molecule has 1 heterocycles. The Kier molecular flexibility index (Phi) is 5.02. The van der Waals surface area contributed by atoms with Crippen molar-refractivity contribution in [2.75, 3.05) is 6.54 Å². The molecule has 0 atom stereocenters. The molecule has 0 aromatic carbocycles. The van der Waals surface area contributed by atoms with Crippen LogP contribution in [0.15, 0.2) is 18.2 Å². The summed E-state index contributed by atoms with van der Waals surface area (Å²) in [7, 11) is 0. The van der Waals surface area contributed by atoms with Gasteiger partial charge in [-0.1, -0.05) is 17.7 Å². The summed E-state index contributed by atoms with van der Waals surface area (Å²) < 4.78 is 5.85. The van der Waals surface area contributed by atoms with E-state index < -0.39 is 11.7 Å². The van der Waals surface area contributed by atoms with Crippen molar-refractivity contribution >= 4 is 35.1 Å². The topological polar surface area (TPSA) is 38.3 Å². The van der Waals surface area contributed by atoms with Crippen molar-refractivity contribution in [2.45, 2.75) is 26.4 Å². The number of amides is 1. The lowest BCUT2D eigenvalue weighted by atomic mass is 10.2. The smallest absolute Gasteiger partial charge is 0.407 e. The molecule has 94 valence electrons. The summed E-state index contributed by atoms with van der Waals surface area (Å²) in [5.74, 6) is 0. The third kappa shape index (κ3) is 6.34.